The molecular formula is C44H71NO14. The van der Waals surface area contributed by atoms with Crippen molar-refractivity contribution in [3.05, 3.63) is 35.9 Å². The van der Waals surface area contributed by atoms with Gasteiger partial charge in [-0.05, 0) is 87.0 Å². The summed E-state index contributed by atoms with van der Waals surface area (Å²) in [6.45, 7) is 16.3. The summed E-state index contributed by atoms with van der Waals surface area (Å²) in [5.74, 6) is -5.83. The fourth-order valence-corrected chi connectivity index (χ4v) is 9.29. The monoisotopic (exact) mass is 837 g/mol. The Morgan fingerprint density at radius 1 is 0.881 bits per heavy atom. The molecule has 0 amide bonds. The van der Waals surface area contributed by atoms with Gasteiger partial charge < -0.3 is 58.5 Å². The number of rotatable bonds is 9. The van der Waals surface area contributed by atoms with Crippen LogP contribution in [0.5, 0.6) is 0 Å². The van der Waals surface area contributed by atoms with E-state index >= 15 is 0 Å². The molecule has 3 aliphatic heterocycles. The van der Waals surface area contributed by atoms with E-state index < -0.39 is 114 Å². The van der Waals surface area contributed by atoms with Crippen LogP contribution < -0.4 is 0 Å². The van der Waals surface area contributed by atoms with Crippen LogP contribution in [0.4, 0.5) is 0 Å². The molecule has 0 aliphatic carbocycles. The zero-order chi connectivity index (χ0) is 44.4. The molecule has 4 rings (SSSR count). The average Bonchev–Trinajstić information content (AvgIpc) is 3.18. The number of esters is 2. The van der Waals surface area contributed by atoms with Gasteiger partial charge in [-0.3, -0.25) is 9.59 Å². The van der Waals surface area contributed by atoms with E-state index in [9.17, 15) is 34.8 Å². The van der Waals surface area contributed by atoms with Gasteiger partial charge in [-0.15, -0.1) is 0 Å². The number of cyclic esters (lactones) is 1. The molecule has 15 heteroatoms. The van der Waals surface area contributed by atoms with Gasteiger partial charge in [-0.1, -0.05) is 45.9 Å². The maximum absolute atomic E-state index is 14.3. The highest BCUT2D eigenvalue weighted by atomic mass is 16.7. The summed E-state index contributed by atoms with van der Waals surface area (Å²) < 4.78 is 44.2. The number of hydrogen-bond donors (Lipinski definition) is 4. The Kier molecular flexibility index (Phi) is 16.3. The van der Waals surface area contributed by atoms with Crippen molar-refractivity contribution in [1.82, 2.24) is 4.90 Å². The summed E-state index contributed by atoms with van der Waals surface area (Å²) in [7, 11) is 5.20. The number of aliphatic hydroxyl groups is 4. The van der Waals surface area contributed by atoms with E-state index in [0.29, 0.717) is 12.0 Å². The molecule has 1 unspecified atom stereocenters. The van der Waals surface area contributed by atoms with Crippen LogP contribution in [-0.2, 0) is 42.7 Å². The maximum atomic E-state index is 14.3. The normalized spacial score (nSPS) is 44.4. The predicted molar refractivity (Wildman–Crippen MR) is 216 cm³/mol. The third kappa shape index (κ3) is 10.9. The number of Topliss-reactive ketones (excluding diaryl/α,β-unsaturated/α-hetero) is 1. The molecule has 0 radical (unpaired) electrons. The molecule has 0 bridgehead atoms. The fraction of sp³-hybridized carbons (Fsp3) is 0.795. The predicted octanol–water partition coefficient (Wildman–Crippen LogP) is 3.65. The second-order valence-corrected chi connectivity index (χ2v) is 18.2. The molecule has 4 N–H and O–H groups in total. The number of methoxy groups -OCH3 is 1. The summed E-state index contributed by atoms with van der Waals surface area (Å²) in [5, 5.41) is 46.9. The number of hydrogen-bond acceptors (Lipinski definition) is 15. The SMILES string of the molecule is CC[C@H]1OC(=O)[C@H](C)[C@@H](OC2C[C@@](C)(OC)[C@@H](O)[C@H](C)O2)[C@H](C)[C@@H](O[C@@H]2O[C@H](C)C[C@H](N(C)C)[C@H]2OC(=O)c2ccccc2)[C@](C)(O)C[C@@H](C)C(=O)[C@H](C)[C@@H](O)[C@]1(C)O. The number of likely N-dealkylation sites (N-methyl/N-ethyl adjacent to an activating group) is 1. The van der Waals surface area contributed by atoms with Crippen molar-refractivity contribution in [1.29, 1.82) is 0 Å². The van der Waals surface area contributed by atoms with Crippen molar-refractivity contribution < 1.29 is 68.0 Å². The molecule has 0 spiro atoms. The highest BCUT2D eigenvalue weighted by molar-refractivity contribution is 5.89. The molecule has 15 nitrogen and oxygen atoms in total. The molecule has 0 aromatic heterocycles. The summed E-state index contributed by atoms with van der Waals surface area (Å²) in [4.78, 5) is 43.9. The maximum Gasteiger partial charge on any atom is 0.338 e. The zero-order valence-electron chi connectivity index (χ0n) is 37.2. The van der Waals surface area contributed by atoms with E-state index in [1.165, 1.54) is 27.9 Å². The Labute approximate surface area is 349 Å². The Bertz CT molecular complexity index is 1560. The van der Waals surface area contributed by atoms with Crippen LogP contribution >= 0.6 is 0 Å². The lowest BCUT2D eigenvalue weighted by Crippen LogP contribution is -2.61. The molecule has 3 fully saturated rings. The third-order valence-electron chi connectivity index (χ3n) is 13.0. The van der Waals surface area contributed by atoms with Crippen LogP contribution in [0.1, 0.15) is 105 Å². The van der Waals surface area contributed by atoms with Crippen LogP contribution in [0.15, 0.2) is 30.3 Å². The standard InChI is InChI=1S/C44H71NO14/c1-14-31-44(10,52)36(47)25(4)33(46)23(2)21-42(8,51)38(26(5)34(27(6)39(49)56-31)57-32-22-43(9,53-13)37(48)28(7)55-32)59-41-35(30(45(11)12)20-24(3)54-41)58-40(50)29-18-16-15-17-19-29/h15-19,23-28,30-32,34-38,41,47-48,51-52H,14,20-22H2,1-13H3/t23-,24-,25+,26+,27-,28+,30+,31-,32?,34+,35-,36-,37+,38-,41+,42-,43-,44-/m1/s1. The zero-order valence-corrected chi connectivity index (χ0v) is 37.2. The molecule has 336 valence electrons. The Balaban J connectivity index is 1.87. The van der Waals surface area contributed by atoms with Crippen molar-refractivity contribution in [2.45, 2.75) is 179 Å². The number of aliphatic hydroxyl groups excluding tert-OH is 2. The smallest absolute Gasteiger partial charge is 0.338 e. The van der Waals surface area contributed by atoms with Gasteiger partial charge in [0.1, 0.15) is 23.6 Å². The van der Waals surface area contributed by atoms with Crippen molar-refractivity contribution >= 4 is 17.7 Å². The van der Waals surface area contributed by atoms with Crippen molar-refractivity contribution in [2.75, 3.05) is 21.2 Å². The summed E-state index contributed by atoms with van der Waals surface area (Å²) in [6.07, 6.45) is -10.2. The molecule has 3 saturated heterocycles. The van der Waals surface area contributed by atoms with Gasteiger partial charge in [0.05, 0.1) is 59.2 Å². The summed E-state index contributed by atoms with van der Waals surface area (Å²) in [5.41, 5.74) is -4.66. The summed E-state index contributed by atoms with van der Waals surface area (Å²) in [6, 6.07) is 8.15. The van der Waals surface area contributed by atoms with Crippen LogP contribution in [0.3, 0.4) is 0 Å². The molecule has 3 aliphatic rings. The number of carbonyl (C=O) groups excluding carboxylic acids is 3. The third-order valence-corrected chi connectivity index (χ3v) is 13.0. The number of carbonyl (C=O) groups is 3. The Hall–Kier alpha value is -2.57. The quantitative estimate of drug-likeness (QED) is 0.263. The van der Waals surface area contributed by atoms with Gasteiger partial charge in [0.2, 0.25) is 0 Å². The minimum absolute atomic E-state index is 0.0646. The van der Waals surface area contributed by atoms with Crippen LogP contribution in [0, 0.1) is 23.7 Å². The van der Waals surface area contributed by atoms with Gasteiger partial charge >= 0.3 is 11.9 Å². The fourth-order valence-electron chi connectivity index (χ4n) is 9.29. The molecule has 1 aromatic carbocycles. The number of nitrogens with zero attached hydrogens (tertiary/aromatic N) is 1. The first kappa shape index (κ1) is 49.1. The lowest BCUT2D eigenvalue weighted by molar-refractivity contribution is -0.317. The number of ketones is 1. The van der Waals surface area contributed by atoms with Crippen LogP contribution in [0.25, 0.3) is 0 Å². The lowest BCUT2D eigenvalue weighted by atomic mass is 9.74. The summed E-state index contributed by atoms with van der Waals surface area (Å²) >= 11 is 0. The Morgan fingerprint density at radius 2 is 1.51 bits per heavy atom. The van der Waals surface area contributed by atoms with Gasteiger partial charge in [-0.2, -0.15) is 0 Å². The van der Waals surface area contributed by atoms with Gasteiger partial charge in [0, 0.05) is 31.3 Å². The highest BCUT2D eigenvalue weighted by Crippen LogP contribution is 2.41. The van der Waals surface area contributed by atoms with Crippen LogP contribution in [-0.4, -0.2) is 149 Å². The molecular weight excluding hydrogens is 766 g/mol. The minimum Gasteiger partial charge on any atom is -0.459 e. The average molecular weight is 838 g/mol. The van der Waals surface area contributed by atoms with E-state index in [4.69, 9.17) is 33.2 Å². The first-order valence-corrected chi connectivity index (χ1v) is 21.0. The van der Waals surface area contributed by atoms with Crippen LogP contribution in [0.2, 0.25) is 0 Å². The largest absolute Gasteiger partial charge is 0.459 e. The molecule has 0 saturated carbocycles. The van der Waals surface area contributed by atoms with Crippen molar-refractivity contribution in [2.24, 2.45) is 23.7 Å². The first-order chi connectivity index (χ1) is 27.4. The van der Waals surface area contributed by atoms with E-state index in [1.54, 1.807) is 71.9 Å². The van der Waals surface area contributed by atoms with E-state index in [-0.39, 0.29) is 31.4 Å². The van der Waals surface area contributed by atoms with Crippen molar-refractivity contribution in [3.8, 4) is 0 Å². The van der Waals surface area contributed by atoms with E-state index in [2.05, 4.69) is 0 Å². The lowest BCUT2D eigenvalue weighted by Gasteiger charge is -2.49. The minimum atomic E-state index is -2.03. The first-order valence-electron chi connectivity index (χ1n) is 21.0. The van der Waals surface area contributed by atoms with Crippen molar-refractivity contribution in [3.63, 3.8) is 0 Å². The van der Waals surface area contributed by atoms with Gasteiger partial charge in [0.15, 0.2) is 18.7 Å². The molecule has 1 aromatic rings. The van der Waals surface area contributed by atoms with E-state index in [0.717, 1.165) is 0 Å². The second-order valence-electron chi connectivity index (χ2n) is 18.2. The van der Waals surface area contributed by atoms with E-state index in [1.807, 2.05) is 25.9 Å². The second kappa shape index (κ2) is 19.6. The van der Waals surface area contributed by atoms with Gasteiger partial charge in [-0.25, -0.2) is 4.79 Å². The molecule has 59 heavy (non-hydrogen) atoms. The topological polar surface area (TPSA) is 200 Å². The number of ether oxygens (including phenoxy) is 7. The molecule has 3 heterocycles. The highest BCUT2D eigenvalue weighted by Gasteiger charge is 2.54. The molecule has 18 atom stereocenters. The Morgan fingerprint density at radius 3 is 2.08 bits per heavy atom. The van der Waals surface area contributed by atoms with Gasteiger partial charge in [0.25, 0.3) is 0 Å². The number of benzene rings is 1.